The van der Waals surface area contributed by atoms with Crippen LogP contribution in [0.3, 0.4) is 0 Å². The smallest absolute Gasteiger partial charge is 0.222 e. The van der Waals surface area contributed by atoms with E-state index in [4.69, 9.17) is 0 Å². The summed E-state index contributed by atoms with van der Waals surface area (Å²) in [5, 5.41) is 0. The lowest BCUT2D eigenvalue weighted by molar-refractivity contribution is -0.130. The van der Waals surface area contributed by atoms with Gasteiger partial charge in [-0.2, -0.15) is 0 Å². The predicted molar refractivity (Wildman–Crippen MR) is 67.4 cm³/mol. The van der Waals surface area contributed by atoms with Crippen molar-refractivity contribution < 1.29 is 9.59 Å². The molecule has 17 heavy (non-hydrogen) atoms. The summed E-state index contributed by atoms with van der Waals surface area (Å²) in [6.45, 7) is 2.45. The number of hydrogen-bond acceptors (Lipinski definition) is 2. The van der Waals surface area contributed by atoms with Gasteiger partial charge in [0.15, 0.2) is 0 Å². The van der Waals surface area contributed by atoms with Crippen molar-refractivity contribution in [2.45, 2.75) is 26.3 Å². The third-order valence-electron chi connectivity index (χ3n) is 2.73. The Bertz CT molecular complexity index is 362. The average molecular weight is 233 g/mol. The molecule has 0 saturated carbocycles. The minimum Gasteiger partial charge on any atom is -0.341 e. The topological polar surface area (TPSA) is 37.4 Å². The molecule has 0 spiro atoms. The van der Waals surface area contributed by atoms with Crippen LogP contribution in [0.1, 0.15) is 25.3 Å². The van der Waals surface area contributed by atoms with Crippen LogP contribution in [0, 0.1) is 5.92 Å². The first-order chi connectivity index (χ1) is 8.13. The van der Waals surface area contributed by atoms with Crippen LogP contribution in [0.15, 0.2) is 30.3 Å². The van der Waals surface area contributed by atoms with E-state index in [1.54, 1.807) is 11.9 Å². The van der Waals surface area contributed by atoms with Crippen molar-refractivity contribution in [1.29, 1.82) is 0 Å². The molecule has 3 heteroatoms. The standard InChI is InChI=1S/C14H19NO2/c1-12(11-16)8-9-14(17)15(2)10-13-6-4-3-5-7-13/h3-7,11-12H,8-10H2,1-2H3. The SMILES string of the molecule is CC(C=O)CCC(=O)N(C)Cc1ccccc1. The Kier molecular flexibility index (Phi) is 5.40. The molecule has 1 atom stereocenters. The maximum absolute atomic E-state index is 11.8. The second-order valence-corrected chi connectivity index (χ2v) is 4.39. The van der Waals surface area contributed by atoms with Gasteiger partial charge in [-0.05, 0) is 12.0 Å². The fourth-order valence-electron chi connectivity index (χ4n) is 1.56. The molecular formula is C14H19NO2. The molecule has 0 aromatic heterocycles. The van der Waals surface area contributed by atoms with Crippen molar-refractivity contribution in [3.8, 4) is 0 Å². The Hall–Kier alpha value is -1.64. The molecule has 0 aliphatic heterocycles. The van der Waals surface area contributed by atoms with E-state index in [-0.39, 0.29) is 11.8 Å². The van der Waals surface area contributed by atoms with Crippen molar-refractivity contribution in [3.63, 3.8) is 0 Å². The molecule has 0 N–H and O–H groups in total. The van der Waals surface area contributed by atoms with Gasteiger partial charge in [-0.15, -0.1) is 0 Å². The summed E-state index contributed by atoms with van der Waals surface area (Å²) in [7, 11) is 1.79. The summed E-state index contributed by atoms with van der Waals surface area (Å²) >= 11 is 0. The van der Waals surface area contributed by atoms with Crippen LogP contribution >= 0.6 is 0 Å². The number of rotatable bonds is 6. The lowest BCUT2D eigenvalue weighted by Crippen LogP contribution is -2.26. The van der Waals surface area contributed by atoms with E-state index >= 15 is 0 Å². The summed E-state index contributed by atoms with van der Waals surface area (Å²) in [5.41, 5.74) is 1.12. The molecule has 1 rings (SSSR count). The van der Waals surface area contributed by atoms with Crippen LogP contribution in [-0.2, 0) is 16.1 Å². The van der Waals surface area contributed by atoms with Crippen molar-refractivity contribution in [2.24, 2.45) is 5.92 Å². The normalized spacial score (nSPS) is 11.9. The van der Waals surface area contributed by atoms with E-state index < -0.39 is 0 Å². The van der Waals surface area contributed by atoms with Gasteiger partial charge in [0.1, 0.15) is 6.29 Å². The van der Waals surface area contributed by atoms with Crippen LogP contribution in [0.4, 0.5) is 0 Å². The van der Waals surface area contributed by atoms with Gasteiger partial charge in [-0.3, -0.25) is 4.79 Å². The van der Waals surface area contributed by atoms with Crippen molar-refractivity contribution >= 4 is 12.2 Å². The van der Waals surface area contributed by atoms with Crippen LogP contribution in [0.2, 0.25) is 0 Å². The predicted octanol–water partition coefficient (Wildman–Crippen LogP) is 2.26. The van der Waals surface area contributed by atoms with E-state index in [1.165, 1.54) is 0 Å². The Morgan fingerprint density at radius 3 is 2.59 bits per heavy atom. The van der Waals surface area contributed by atoms with Gasteiger partial charge in [-0.1, -0.05) is 37.3 Å². The van der Waals surface area contributed by atoms with E-state index in [0.29, 0.717) is 19.4 Å². The highest BCUT2D eigenvalue weighted by molar-refractivity contribution is 5.76. The van der Waals surface area contributed by atoms with Crippen molar-refractivity contribution in [2.75, 3.05) is 7.05 Å². The molecule has 1 unspecified atom stereocenters. The Morgan fingerprint density at radius 2 is 2.00 bits per heavy atom. The zero-order valence-electron chi connectivity index (χ0n) is 10.4. The Morgan fingerprint density at radius 1 is 1.35 bits per heavy atom. The quantitative estimate of drug-likeness (QED) is 0.707. The molecule has 1 aromatic carbocycles. The Balaban J connectivity index is 2.39. The van der Waals surface area contributed by atoms with Gasteiger partial charge < -0.3 is 9.69 Å². The molecule has 0 saturated heterocycles. The zero-order chi connectivity index (χ0) is 12.7. The minimum atomic E-state index is -0.0379. The third kappa shape index (κ3) is 4.81. The van der Waals surface area contributed by atoms with Gasteiger partial charge in [0, 0.05) is 25.9 Å². The number of nitrogens with zero attached hydrogens (tertiary/aromatic N) is 1. The second kappa shape index (κ2) is 6.84. The number of aldehydes is 1. The fraction of sp³-hybridized carbons (Fsp3) is 0.429. The average Bonchev–Trinajstić information content (AvgIpc) is 2.36. The Labute approximate surface area is 102 Å². The molecule has 0 fully saturated rings. The highest BCUT2D eigenvalue weighted by atomic mass is 16.2. The van der Waals surface area contributed by atoms with Gasteiger partial charge in [0.2, 0.25) is 5.91 Å². The minimum absolute atomic E-state index is 0.0379. The van der Waals surface area contributed by atoms with E-state index in [1.807, 2.05) is 37.3 Å². The van der Waals surface area contributed by atoms with E-state index in [2.05, 4.69) is 0 Å². The lowest BCUT2D eigenvalue weighted by Gasteiger charge is -2.17. The monoisotopic (exact) mass is 233 g/mol. The molecule has 3 nitrogen and oxygen atoms in total. The summed E-state index contributed by atoms with van der Waals surface area (Å²) in [4.78, 5) is 23.9. The molecule has 92 valence electrons. The fourth-order valence-corrected chi connectivity index (χ4v) is 1.56. The highest BCUT2D eigenvalue weighted by Crippen LogP contribution is 2.07. The molecule has 0 bridgehead atoms. The van der Waals surface area contributed by atoms with Gasteiger partial charge >= 0.3 is 0 Å². The van der Waals surface area contributed by atoms with Gasteiger partial charge in [0.25, 0.3) is 0 Å². The number of amides is 1. The van der Waals surface area contributed by atoms with Crippen molar-refractivity contribution in [3.05, 3.63) is 35.9 Å². The largest absolute Gasteiger partial charge is 0.341 e. The molecule has 0 aliphatic carbocycles. The molecule has 1 amide bonds. The van der Waals surface area contributed by atoms with E-state index in [9.17, 15) is 9.59 Å². The van der Waals surface area contributed by atoms with Gasteiger partial charge in [0.05, 0.1) is 0 Å². The first-order valence-electron chi connectivity index (χ1n) is 5.86. The second-order valence-electron chi connectivity index (χ2n) is 4.39. The summed E-state index contributed by atoms with van der Waals surface area (Å²) in [5.74, 6) is 0.0478. The number of carbonyl (C=O) groups is 2. The van der Waals surface area contributed by atoms with Gasteiger partial charge in [-0.25, -0.2) is 0 Å². The molecule has 0 radical (unpaired) electrons. The number of carbonyl (C=O) groups excluding carboxylic acids is 2. The molecular weight excluding hydrogens is 214 g/mol. The molecule has 0 aliphatic rings. The number of hydrogen-bond donors (Lipinski definition) is 0. The maximum atomic E-state index is 11.8. The molecule has 1 aromatic rings. The van der Waals surface area contributed by atoms with Crippen LogP contribution < -0.4 is 0 Å². The summed E-state index contributed by atoms with van der Waals surface area (Å²) < 4.78 is 0. The summed E-state index contributed by atoms with van der Waals surface area (Å²) in [6, 6.07) is 9.87. The number of benzene rings is 1. The third-order valence-corrected chi connectivity index (χ3v) is 2.73. The summed E-state index contributed by atoms with van der Waals surface area (Å²) in [6.07, 6.45) is 1.95. The highest BCUT2D eigenvalue weighted by Gasteiger charge is 2.10. The first kappa shape index (κ1) is 13.4. The lowest BCUT2D eigenvalue weighted by atomic mass is 10.1. The van der Waals surface area contributed by atoms with Crippen LogP contribution in [0.25, 0.3) is 0 Å². The first-order valence-corrected chi connectivity index (χ1v) is 5.86. The maximum Gasteiger partial charge on any atom is 0.222 e. The molecule has 0 heterocycles. The van der Waals surface area contributed by atoms with Crippen LogP contribution in [-0.4, -0.2) is 24.1 Å². The van der Waals surface area contributed by atoms with Crippen LogP contribution in [0.5, 0.6) is 0 Å². The zero-order valence-corrected chi connectivity index (χ0v) is 10.4. The van der Waals surface area contributed by atoms with Crippen molar-refractivity contribution in [1.82, 2.24) is 4.90 Å². The van der Waals surface area contributed by atoms with E-state index in [0.717, 1.165) is 11.8 Å².